The highest BCUT2D eigenvalue weighted by Crippen LogP contribution is 2.33. The van der Waals surface area contributed by atoms with Crippen LogP contribution in [-0.4, -0.2) is 105 Å². The number of ether oxygens (including phenoxy) is 3. The topological polar surface area (TPSA) is 138 Å². The highest BCUT2D eigenvalue weighted by Gasteiger charge is 2.44. The number of hydrogen-bond donors (Lipinski definition) is 3. The van der Waals surface area contributed by atoms with Gasteiger partial charge in [-0.25, -0.2) is 13.2 Å². The van der Waals surface area contributed by atoms with Gasteiger partial charge in [-0.15, -0.1) is 0 Å². The van der Waals surface area contributed by atoms with Crippen LogP contribution in [0.1, 0.15) is 23.1 Å². The van der Waals surface area contributed by atoms with Gasteiger partial charge in [-0.05, 0) is 62.7 Å². The van der Waals surface area contributed by atoms with Gasteiger partial charge in [0.1, 0.15) is 6.10 Å². The summed E-state index contributed by atoms with van der Waals surface area (Å²) < 4.78 is 45.5. The van der Waals surface area contributed by atoms with Gasteiger partial charge < -0.3 is 34.6 Å². The number of aliphatic hydroxyl groups excluding tert-OH is 2. The number of nitrogens with one attached hydrogen (secondary N) is 1. The molecule has 2 fully saturated rings. The van der Waals surface area contributed by atoms with Crippen LogP contribution < -0.4 is 5.32 Å². The molecule has 2 aromatic rings. The molecule has 5 atom stereocenters. The van der Waals surface area contributed by atoms with Crippen molar-refractivity contribution in [3.05, 3.63) is 65.2 Å². The Balaban J connectivity index is 1.54. The molecule has 2 aliphatic rings. The van der Waals surface area contributed by atoms with Crippen molar-refractivity contribution >= 4 is 16.1 Å². The Morgan fingerprint density at radius 2 is 1.90 bits per heavy atom. The molecule has 12 heteroatoms. The Morgan fingerprint density at radius 1 is 1.15 bits per heavy atom. The predicted octanol–water partition coefficient (Wildman–Crippen LogP) is 1.50. The fraction of sp³-hybridized carbons (Fsp3) is 0.552. The molecule has 3 N–H and O–H groups in total. The summed E-state index contributed by atoms with van der Waals surface area (Å²) in [6.07, 6.45) is -1.81. The van der Waals surface area contributed by atoms with Crippen LogP contribution in [0.15, 0.2) is 53.4 Å². The Bertz CT molecular complexity index is 1260. The number of aliphatic hydroxyl groups is 2. The number of fused-ring (bicyclic) bond motifs is 1. The maximum Gasteiger partial charge on any atom is 0.407 e. The quantitative estimate of drug-likeness (QED) is 0.316. The smallest absolute Gasteiger partial charge is 0.407 e. The first-order valence-electron chi connectivity index (χ1n) is 13.9. The molecular formula is C29H41N3O8S. The van der Waals surface area contributed by atoms with Gasteiger partial charge in [-0.1, -0.05) is 36.4 Å². The number of carbonyl (C=O) groups excluding carboxylic acids is 1. The summed E-state index contributed by atoms with van der Waals surface area (Å²) in [4.78, 5) is 14.9. The molecule has 41 heavy (non-hydrogen) atoms. The van der Waals surface area contributed by atoms with Gasteiger partial charge in [0.05, 0.1) is 42.8 Å². The first-order chi connectivity index (χ1) is 19.6. The predicted molar refractivity (Wildman–Crippen MR) is 152 cm³/mol. The fourth-order valence-electron chi connectivity index (χ4n) is 5.11. The monoisotopic (exact) mass is 591 g/mol. The molecule has 0 saturated carbocycles. The van der Waals surface area contributed by atoms with E-state index in [-0.39, 0.29) is 49.8 Å². The van der Waals surface area contributed by atoms with Crippen LogP contribution in [0.2, 0.25) is 0 Å². The Labute approximate surface area is 242 Å². The van der Waals surface area contributed by atoms with Gasteiger partial charge in [-0.3, -0.25) is 0 Å². The van der Waals surface area contributed by atoms with Gasteiger partial charge in [0.15, 0.2) is 6.29 Å². The fourth-order valence-corrected chi connectivity index (χ4v) is 6.61. The Hall–Kier alpha value is -2.58. The van der Waals surface area contributed by atoms with Crippen molar-refractivity contribution in [2.24, 2.45) is 5.92 Å². The summed E-state index contributed by atoms with van der Waals surface area (Å²) in [6.45, 7) is 2.55. The van der Waals surface area contributed by atoms with Crippen LogP contribution in [0.5, 0.6) is 0 Å². The number of aryl methyl sites for hydroxylation is 1. The van der Waals surface area contributed by atoms with Gasteiger partial charge in [-0.2, -0.15) is 4.31 Å². The number of likely N-dealkylation sites (N-methyl/N-ethyl adjacent to an activating group) is 1. The largest absolute Gasteiger partial charge is 0.443 e. The minimum absolute atomic E-state index is 0.0275. The zero-order valence-corrected chi connectivity index (χ0v) is 24.6. The van der Waals surface area contributed by atoms with E-state index in [1.807, 2.05) is 49.3 Å². The number of carbonyl (C=O) groups is 1. The number of alkyl carbamates (subject to hydrolysis) is 1. The third kappa shape index (κ3) is 8.04. The lowest BCUT2D eigenvalue weighted by atomic mass is 10.0. The van der Waals surface area contributed by atoms with E-state index in [2.05, 4.69) is 5.32 Å². The highest BCUT2D eigenvalue weighted by atomic mass is 32.2. The van der Waals surface area contributed by atoms with E-state index < -0.39 is 34.4 Å². The highest BCUT2D eigenvalue weighted by molar-refractivity contribution is 7.89. The zero-order valence-electron chi connectivity index (χ0n) is 23.8. The molecule has 4 rings (SSSR count). The van der Waals surface area contributed by atoms with E-state index in [0.29, 0.717) is 18.7 Å². The van der Waals surface area contributed by atoms with Gasteiger partial charge in [0.2, 0.25) is 10.0 Å². The van der Waals surface area contributed by atoms with Crippen molar-refractivity contribution in [3.63, 3.8) is 0 Å². The molecule has 2 saturated heterocycles. The third-order valence-electron chi connectivity index (χ3n) is 7.63. The minimum atomic E-state index is -4.04. The lowest BCUT2D eigenvalue weighted by molar-refractivity contribution is -0.0907. The SMILES string of the molecule is Cc1ccc(S(=O)(=O)N(CCN(C)C)C[C@@H](O)[C@H](Cc2ccccc2)NC(=O)O[C@H]2CO[C@H]3OCCC32)cc1CO. The number of nitrogens with zero attached hydrogens (tertiary/aromatic N) is 2. The summed E-state index contributed by atoms with van der Waals surface area (Å²) in [5.41, 5.74) is 2.15. The van der Waals surface area contributed by atoms with Crippen molar-refractivity contribution in [2.75, 3.05) is 46.9 Å². The molecule has 0 aliphatic carbocycles. The molecule has 0 bridgehead atoms. The van der Waals surface area contributed by atoms with Crippen LogP contribution in [0.3, 0.4) is 0 Å². The van der Waals surface area contributed by atoms with E-state index in [9.17, 15) is 23.4 Å². The molecule has 11 nitrogen and oxygen atoms in total. The normalized spacial score (nSPS) is 22.1. The van der Waals surface area contributed by atoms with Crippen molar-refractivity contribution in [3.8, 4) is 0 Å². The summed E-state index contributed by atoms with van der Waals surface area (Å²) >= 11 is 0. The second kappa shape index (κ2) is 14.1. The standard InChI is InChI=1S/C29H41N3O8S/c1-20-9-10-23(16-22(20)18-33)41(36,37)32(13-12-31(2)3)17-26(34)25(15-21-7-5-4-6-8-21)30-29(35)40-27-19-39-28-24(27)11-14-38-28/h4-10,16,24-28,33-34H,11-15,17-19H2,1-3H3,(H,30,35)/t24?,25-,26+,27-,28+/m0/s1. The molecule has 226 valence electrons. The molecule has 2 aliphatic heterocycles. The molecule has 0 radical (unpaired) electrons. The van der Waals surface area contributed by atoms with Crippen LogP contribution in [0.4, 0.5) is 4.79 Å². The molecule has 0 aromatic heterocycles. The summed E-state index contributed by atoms with van der Waals surface area (Å²) in [5.74, 6) is -0.0387. The Morgan fingerprint density at radius 3 is 2.61 bits per heavy atom. The maximum absolute atomic E-state index is 13.8. The average molecular weight is 592 g/mol. The van der Waals surface area contributed by atoms with Crippen LogP contribution in [0, 0.1) is 12.8 Å². The summed E-state index contributed by atoms with van der Waals surface area (Å²) in [7, 11) is -0.378. The molecular weight excluding hydrogens is 550 g/mol. The third-order valence-corrected chi connectivity index (χ3v) is 9.49. The molecule has 2 aromatic carbocycles. The van der Waals surface area contributed by atoms with Crippen molar-refractivity contribution in [1.82, 2.24) is 14.5 Å². The van der Waals surface area contributed by atoms with Crippen molar-refractivity contribution < 1.29 is 37.6 Å². The van der Waals surface area contributed by atoms with Crippen LogP contribution in [0.25, 0.3) is 0 Å². The van der Waals surface area contributed by atoms with E-state index in [4.69, 9.17) is 14.2 Å². The number of amides is 1. The van der Waals surface area contributed by atoms with E-state index in [1.165, 1.54) is 16.4 Å². The van der Waals surface area contributed by atoms with E-state index in [1.54, 1.807) is 13.0 Å². The molecule has 2 heterocycles. The minimum Gasteiger partial charge on any atom is -0.443 e. The number of sulfonamides is 1. The van der Waals surface area contributed by atoms with Crippen molar-refractivity contribution in [1.29, 1.82) is 0 Å². The van der Waals surface area contributed by atoms with Crippen LogP contribution >= 0.6 is 0 Å². The average Bonchev–Trinajstić information content (AvgIpc) is 3.56. The van der Waals surface area contributed by atoms with Gasteiger partial charge in [0, 0.05) is 19.6 Å². The van der Waals surface area contributed by atoms with Gasteiger partial charge in [0.25, 0.3) is 0 Å². The molecule has 1 amide bonds. The lowest BCUT2D eigenvalue weighted by Gasteiger charge is -2.30. The number of hydrogen-bond acceptors (Lipinski definition) is 9. The van der Waals surface area contributed by atoms with Crippen LogP contribution in [-0.2, 0) is 37.3 Å². The number of benzene rings is 2. The van der Waals surface area contributed by atoms with Crippen molar-refractivity contribution in [2.45, 2.75) is 55.8 Å². The summed E-state index contributed by atoms with van der Waals surface area (Å²) in [5, 5.41) is 23.9. The molecule has 1 unspecified atom stereocenters. The first-order valence-corrected chi connectivity index (χ1v) is 15.3. The number of rotatable bonds is 13. The molecule has 0 spiro atoms. The van der Waals surface area contributed by atoms with E-state index in [0.717, 1.165) is 17.5 Å². The Kier molecular flexibility index (Phi) is 10.8. The first kappa shape index (κ1) is 31.4. The zero-order chi connectivity index (χ0) is 29.6. The second-order valence-corrected chi connectivity index (χ2v) is 12.8. The lowest BCUT2D eigenvalue weighted by Crippen LogP contribution is -2.52. The van der Waals surface area contributed by atoms with Gasteiger partial charge >= 0.3 is 6.09 Å². The van der Waals surface area contributed by atoms with E-state index >= 15 is 0 Å². The second-order valence-electron chi connectivity index (χ2n) is 10.9. The summed E-state index contributed by atoms with van der Waals surface area (Å²) in [6, 6.07) is 13.1. The maximum atomic E-state index is 13.8.